The highest BCUT2D eigenvalue weighted by Crippen LogP contribution is 2.13. The Labute approximate surface area is 118 Å². The first kappa shape index (κ1) is 16.6. The van der Waals surface area contributed by atoms with Gasteiger partial charge in [0.15, 0.2) is 5.78 Å². The van der Waals surface area contributed by atoms with E-state index in [-0.39, 0.29) is 6.10 Å². The van der Waals surface area contributed by atoms with Crippen LogP contribution in [-0.2, 0) is 9.53 Å². The molecule has 1 saturated heterocycles. The quantitative estimate of drug-likeness (QED) is 0.601. The Kier molecular flexibility index (Phi) is 8.31. The van der Waals surface area contributed by atoms with E-state index in [1.54, 1.807) is 0 Å². The normalized spacial score (nSPS) is 20.9. The third-order valence-electron chi connectivity index (χ3n) is 3.96. The lowest BCUT2D eigenvalue weighted by atomic mass is 10.0. The lowest BCUT2D eigenvalue weighted by Crippen LogP contribution is -2.48. The first-order chi connectivity index (χ1) is 9.15. The van der Waals surface area contributed by atoms with E-state index >= 15 is 0 Å². The van der Waals surface area contributed by atoms with Gasteiger partial charge in [-0.1, -0.05) is 39.0 Å². The minimum absolute atomic E-state index is 0.174. The van der Waals surface area contributed by atoms with Crippen molar-refractivity contribution in [3.05, 3.63) is 0 Å². The standard InChI is InChI=1S/C16H31NO2/c1-4-5-6-7-8-9-10-15(18)16-13-17(14(2)3)11-12-19-16/h14,16H,4-13H2,1-3H3. The van der Waals surface area contributed by atoms with Gasteiger partial charge in [0, 0.05) is 25.6 Å². The van der Waals surface area contributed by atoms with E-state index in [0.29, 0.717) is 24.9 Å². The van der Waals surface area contributed by atoms with Crippen molar-refractivity contribution in [2.45, 2.75) is 77.9 Å². The first-order valence-corrected chi connectivity index (χ1v) is 8.03. The molecule has 0 aliphatic carbocycles. The number of ketones is 1. The molecule has 0 N–H and O–H groups in total. The van der Waals surface area contributed by atoms with Gasteiger partial charge in [-0.25, -0.2) is 0 Å². The van der Waals surface area contributed by atoms with Gasteiger partial charge in [0.2, 0.25) is 0 Å². The smallest absolute Gasteiger partial charge is 0.162 e. The van der Waals surface area contributed by atoms with E-state index in [1.807, 2.05) is 0 Å². The molecule has 1 aliphatic heterocycles. The summed E-state index contributed by atoms with van der Waals surface area (Å²) in [7, 11) is 0. The minimum Gasteiger partial charge on any atom is -0.368 e. The van der Waals surface area contributed by atoms with E-state index in [2.05, 4.69) is 25.7 Å². The molecule has 1 aliphatic rings. The lowest BCUT2D eigenvalue weighted by Gasteiger charge is -2.34. The maximum atomic E-state index is 12.1. The average Bonchev–Trinajstić information content (AvgIpc) is 2.42. The lowest BCUT2D eigenvalue weighted by molar-refractivity contribution is -0.137. The topological polar surface area (TPSA) is 29.5 Å². The third-order valence-corrected chi connectivity index (χ3v) is 3.96. The second-order valence-electron chi connectivity index (χ2n) is 5.93. The molecule has 0 amide bonds. The Morgan fingerprint density at radius 3 is 2.58 bits per heavy atom. The Bertz CT molecular complexity index is 253. The number of carbonyl (C=O) groups is 1. The molecule has 0 saturated carbocycles. The summed E-state index contributed by atoms with van der Waals surface area (Å²) < 4.78 is 5.62. The number of hydrogen-bond donors (Lipinski definition) is 0. The molecule has 0 bridgehead atoms. The van der Waals surface area contributed by atoms with Crippen LogP contribution in [-0.4, -0.2) is 42.5 Å². The zero-order chi connectivity index (χ0) is 14.1. The Balaban J connectivity index is 2.14. The molecular weight excluding hydrogens is 238 g/mol. The van der Waals surface area contributed by atoms with Crippen molar-refractivity contribution < 1.29 is 9.53 Å². The summed E-state index contributed by atoms with van der Waals surface area (Å²) in [5.41, 5.74) is 0. The van der Waals surface area contributed by atoms with Gasteiger partial charge in [0.1, 0.15) is 6.10 Å². The second kappa shape index (κ2) is 9.49. The molecule has 3 nitrogen and oxygen atoms in total. The van der Waals surface area contributed by atoms with Crippen LogP contribution in [0.3, 0.4) is 0 Å². The fourth-order valence-corrected chi connectivity index (χ4v) is 2.57. The monoisotopic (exact) mass is 269 g/mol. The molecule has 1 fully saturated rings. The number of nitrogens with zero attached hydrogens (tertiary/aromatic N) is 1. The molecule has 3 heteroatoms. The van der Waals surface area contributed by atoms with Crippen LogP contribution >= 0.6 is 0 Å². The van der Waals surface area contributed by atoms with Gasteiger partial charge in [-0.2, -0.15) is 0 Å². The molecule has 0 radical (unpaired) electrons. The maximum Gasteiger partial charge on any atom is 0.162 e. The number of rotatable bonds is 9. The summed E-state index contributed by atoms with van der Waals surface area (Å²) in [6, 6.07) is 0.508. The van der Waals surface area contributed by atoms with Crippen molar-refractivity contribution >= 4 is 5.78 Å². The molecular formula is C16H31NO2. The number of carbonyl (C=O) groups excluding carboxylic acids is 1. The number of unbranched alkanes of at least 4 members (excludes halogenated alkanes) is 5. The number of hydrogen-bond acceptors (Lipinski definition) is 3. The van der Waals surface area contributed by atoms with E-state index in [4.69, 9.17) is 4.74 Å². The van der Waals surface area contributed by atoms with Crippen LogP contribution in [0.4, 0.5) is 0 Å². The molecule has 1 atom stereocenters. The van der Waals surface area contributed by atoms with Crippen LogP contribution in [0.15, 0.2) is 0 Å². The fourth-order valence-electron chi connectivity index (χ4n) is 2.57. The highest BCUT2D eigenvalue weighted by Gasteiger charge is 2.26. The maximum absolute atomic E-state index is 12.1. The van der Waals surface area contributed by atoms with Crippen molar-refractivity contribution in [1.82, 2.24) is 4.90 Å². The van der Waals surface area contributed by atoms with Crippen LogP contribution in [0.5, 0.6) is 0 Å². The summed E-state index contributed by atoms with van der Waals surface area (Å²) in [5, 5.41) is 0. The predicted molar refractivity (Wildman–Crippen MR) is 79.4 cm³/mol. The van der Waals surface area contributed by atoms with E-state index in [1.165, 1.54) is 32.1 Å². The molecule has 0 aromatic carbocycles. The summed E-state index contributed by atoms with van der Waals surface area (Å²) in [5.74, 6) is 0.306. The highest BCUT2D eigenvalue weighted by molar-refractivity contribution is 5.83. The molecule has 0 aromatic heterocycles. The van der Waals surface area contributed by atoms with Crippen LogP contribution in [0.2, 0.25) is 0 Å². The van der Waals surface area contributed by atoms with Crippen molar-refractivity contribution in [3.8, 4) is 0 Å². The molecule has 0 spiro atoms. The van der Waals surface area contributed by atoms with Crippen molar-refractivity contribution in [2.24, 2.45) is 0 Å². The average molecular weight is 269 g/mol. The van der Waals surface area contributed by atoms with E-state index in [0.717, 1.165) is 19.5 Å². The van der Waals surface area contributed by atoms with Gasteiger partial charge in [-0.3, -0.25) is 9.69 Å². The molecule has 112 valence electrons. The van der Waals surface area contributed by atoms with Gasteiger partial charge in [-0.05, 0) is 20.3 Å². The Morgan fingerprint density at radius 2 is 1.89 bits per heavy atom. The van der Waals surface area contributed by atoms with Gasteiger partial charge in [0.25, 0.3) is 0 Å². The SMILES string of the molecule is CCCCCCCCC(=O)C1CN(C(C)C)CCO1. The minimum atomic E-state index is -0.174. The van der Waals surface area contributed by atoms with E-state index < -0.39 is 0 Å². The summed E-state index contributed by atoms with van der Waals surface area (Å²) in [6.07, 6.45) is 7.92. The number of ether oxygens (including phenoxy) is 1. The van der Waals surface area contributed by atoms with Gasteiger partial charge in [-0.15, -0.1) is 0 Å². The van der Waals surface area contributed by atoms with Crippen LogP contribution in [0.25, 0.3) is 0 Å². The van der Waals surface area contributed by atoms with Crippen molar-refractivity contribution in [1.29, 1.82) is 0 Å². The van der Waals surface area contributed by atoms with Gasteiger partial charge in [0.05, 0.1) is 6.61 Å². The highest BCUT2D eigenvalue weighted by atomic mass is 16.5. The summed E-state index contributed by atoms with van der Waals surface area (Å²) in [4.78, 5) is 14.4. The predicted octanol–water partition coefficient (Wildman–Crippen LogP) is 3.42. The molecule has 19 heavy (non-hydrogen) atoms. The van der Waals surface area contributed by atoms with Crippen molar-refractivity contribution in [2.75, 3.05) is 19.7 Å². The zero-order valence-corrected chi connectivity index (χ0v) is 13.0. The van der Waals surface area contributed by atoms with Crippen LogP contribution in [0.1, 0.15) is 65.7 Å². The molecule has 1 rings (SSSR count). The van der Waals surface area contributed by atoms with Crippen LogP contribution < -0.4 is 0 Å². The molecule has 0 aromatic rings. The van der Waals surface area contributed by atoms with Crippen molar-refractivity contribution in [3.63, 3.8) is 0 Å². The largest absolute Gasteiger partial charge is 0.368 e. The van der Waals surface area contributed by atoms with Gasteiger partial charge >= 0.3 is 0 Å². The molecule has 1 unspecified atom stereocenters. The molecule has 1 heterocycles. The number of morpholine rings is 1. The fraction of sp³-hybridized carbons (Fsp3) is 0.938. The summed E-state index contributed by atoms with van der Waals surface area (Å²) in [6.45, 7) is 9.03. The Morgan fingerprint density at radius 1 is 1.21 bits per heavy atom. The third kappa shape index (κ3) is 6.53. The van der Waals surface area contributed by atoms with E-state index in [9.17, 15) is 4.79 Å². The summed E-state index contributed by atoms with van der Waals surface area (Å²) >= 11 is 0. The second-order valence-corrected chi connectivity index (χ2v) is 5.93. The zero-order valence-electron chi connectivity index (χ0n) is 13.0. The van der Waals surface area contributed by atoms with Gasteiger partial charge < -0.3 is 4.74 Å². The Hall–Kier alpha value is -0.410. The van der Waals surface area contributed by atoms with Crippen LogP contribution in [0, 0.1) is 0 Å². The first-order valence-electron chi connectivity index (χ1n) is 8.03. The number of Topliss-reactive ketones (excluding diaryl/α,β-unsaturated/α-hetero) is 1.